The molecule has 0 unspecified atom stereocenters. The highest BCUT2D eigenvalue weighted by Gasteiger charge is 2.11. The van der Waals surface area contributed by atoms with E-state index in [1.165, 1.54) is 16.3 Å². The molecule has 0 spiro atoms. The van der Waals surface area contributed by atoms with Crippen LogP contribution in [0, 0.1) is 0 Å². The van der Waals surface area contributed by atoms with Crippen LogP contribution in [0.2, 0.25) is 0 Å². The van der Waals surface area contributed by atoms with Gasteiger partial charge in [0, 0.05) is 0 Å². The Balaban J connectivity index is 1.76. The van der Waals surface area contributed by atoms with Crippen LogP contribution < -0.4 is 15.4 Å². The van der Waals surface area contributed by atoms with Crippen LogP contribution in [0.3, 0.4) is 0 Å². The number of benzene rings is 3. The number of anilines is 1. The van der Waals surface area contributed by atoms with E-state index in [2.05, 4.69) is 60.0 Å². The number of hydrogen-bond acceptors (Lipinski definition) is 2. The zero-order valence-electron chi connectivity index (χ0n) is 13.7. The number of ether oxygens (including phenoxy) is 1. The molecule has 0 heterocycles. The van der Waals surface area contributed by atoms with Gasteiger partial charge < -0.3 is 15.4 Å². The standard InChI is InChI=1S/C20H20N2OS/c1-14(16-11-7-9-15-8-3-4-10-17(15)16)21-20(24)22-18-12-5-6-13-19(18)23-2/h3-14H,1-2H3,(H2,21,22,24)/t14-/m0/s1. The van der Waals surface area contributed by atoms with Crippen LogP contribution >= 0.6 is 12.2 Å². The molecule has 3 aromatic rings. The Morgan fingerprint density at radius 1 is 0.958 bits per heavy atom. The van der Waals surface area contributed by atoms with E-state index in [-0.39, 0.29) is 6.04 Å². The Kier molecular flexibility index (Phi) is 4.96. The number of fused-ring (bicyclic) bond motifs is 1. The summed E-state index contributed by atoms with van der Waals surface area (Å²) in [5, 5.41) is 9.59. The Labute approximate surface area is 147 Å². The summed E-state index contributed by atoms with van der Waals surface area (Å²) < 4.78 is 5.34. The third-order valence-electron chi connectivity index (χ3n) is 3.99. The molecule has 0 saturated carbocycles. The highest BCUT2D eigenvalue weighted by atomic mass is 32.1. The smallest absolute Gasteiger partial charge is 0.171 e. The number of thiocarbonyl (C=S) groups is 1. The van der Waals surface area contributed by atoms with E-state index in [0.29, 0.717) is 5.11 Å². The molecule has 24 heavy (non-hydrogen) atoms. The number of methoxy groups -OCH3 is 1. The molecular formula is C20H20N2OS. The summed E-state index contributed by atoms with van der Waals surface area (Å²) >= 11 is 5.46. The van der Waals surface area contributed by atoms with E-state index in [0.717, 1.165) is 11.4 Å². The molecule has 0 aliphatic rings. The molecular weight excluding hydrogens is 316 g/mol. The monoisotopic (exact) mass is 336 g/mol. The van der Waals surface area contributed by atoms with Crippen molar-refractivity contribution in [2.24, 2.45) is 0 Å². The lowest BCUT2D eigenvalue weighted by atomic mass is 10.00. The molecule has 3 nitrogen and oxygen atoms in total. The second kappa shape index (κ2) is 7.32. The lowest BCUT2D eigenvalue weighted by molar-refractivity contribution is 0.417. The zero-order valence-corrected chi connectivity index (χ0v) is 14.6. The van der Waals surface area contributed by atoms with Gasteiger partial charge in [-0.1, -0.05) is 54.6 Å². The van der Waals surface area contributed by atoms with Crippen LogP contribution in [0.5, 0.6) is 5.75 Å². The van der Waals surface area contributed by atoms with Gasteiger partial charge in [-0.2, -0.15) is 0 Å². The van der Waals surface area contributed by atoms with Crippen molar-refractivity contribution >= 4 is 33.8 Å². The highest BCUT2D eigenvalue weighted by Crippen LogP contribution is 2.25. The molecule has 2 N–H and O–H groups in total. The minimum absolute atomic E-state index is 0.0887. The van der Waals surface area contributed by atoms with Gasteiger partial charge in [0.1, 0.15) is 5.75 Å². The van der Waals surface area contributed by atoms with Crippen LogP contribution in [0.25, 0.3) is 10.8 Å². The Hall–Kier alpha value is -2.59. The first kappa shape index (κ1) is 16.3. The maximum absolute atomic E-state index is 5.46. The van der Waals surface area contributed by atoms with Crippen molar-refractivity contribution < 1.29 is 4.74 Å². The number of nitrogens with one attached hydrogen (secondary N) is 2. The summed E-state index contributed by atoms with van der Waals surface area (Å²) in [6.45, 7) is 2.11. The van der Waals surface area contributed by atoms with Gasteiger partial charge in [-0.3, -0.25) is 0 Å². The summed E-state index contributed by atoms with van der Waals surface area (Å²) in [6.07, 6.45) is 0. The van der Waals surface area contributed by atoms with Crippen molar-refractivity contribution in [3.63, 3.8) is 0 Å². The van der Waals surface area contributed by atoms with Gasteiger partial charge in [0.05, 0.1) is 18.8 Å². The number of rotatable bonds is 4. The third-order valence-corrected chi connectivity index (χ3v) is 4.21. The maximum Gasteiger partial charge on any atom is 0.171 e. The first-order valence-electron chi connectivity index (χ1n) is 7.87. The molecule has 0 bridgehead atoms. The van der Waals surface area contributed by atoms with Crippen molar-refractivity contribution in [2.75, 3.05) is 12.4 Å². The normalized spacial score (nSPS) is 11.8. The fourth-order valence-corrected chi connectivity index (χ4v) is 3.10. The van der Waals surface area contributed by atoms with Gasteiger partial charge in [-0.15, -0.1) is 0 Å². The molecule has 0 amide bonds. The SMILES string of the molecule is COc1ccccc1NC(=S)N[C@@H](C)c1cccc2ccccc12. The minimum atomic E-state index is 0.0887. The van der Waals surface area contributed by atoms with Gasteiger partial charge in [-0.05, 0) is 47.6 Å². The van der Waals surface area contributed by atoms with E-state index >= 15 is 0 Å². The zero-order chi connectivity index (χ0) is 16.9. The lowest BCUT2D eigenvalue weighted by Gasteiger charge is -2.20. The molecule has 3 aromatic carbocycles. The van der Waals surface area contributed by atoms with E-state index < -0.39 is 0 Å². The predicted octanol–water partition coefficient (Wildman–Crippen LogP) is 4.90. The van der Waals surface area contributed by atoms with Crippen molar-refractivity contribution in [1.82, 2.24) is 5.32 Å². The fourth-order valence-electron chi connectivity index (χ4n) is 2.81. The first-order valence-corrected chi connectivity index (χ1v) is 8.28. The van der Waals surface area contributed by atoms with Crippen LogP contribution in [0.1, 0.15) is 18.5 Å². The maximum atomic E-state index is 5.46. The van der Waals surface area contributed by atoms with E-state index in [9.17, 15) is 0 Å². The van der Waals surface area contributed by atoms with Gasteiger partial charge in [-0.25, -0.2) is 0 Å². The lowest BCUT2D eigenvalue weighted by Crippen LogP contribution is -2.31. The summed E-state index contributed by atoms with van der Waals surface area (Å²) in [6, 6.07) is 22.5. The van der Waals surface area contributed by atoms with Crippen molar-refractivity contribution in [3.05, 3.63) is 72.3 Å². The summed E-state index contributed by atoms with van der Waals surface area (Å²) in [5.74, 6) is 0.763. The second-order valence-corrected chi connectivity index (χ2v) is 6.00. The predicted molar refractivity (Wildman–Crippen MR) is 105 cm³/mol. The average Bonchev–Trinajstić information content (AvgIpc) is 2.61. The largest absolute Gasteiger partial charge is 0.495 e. The van der Waals surface area contributed by atoms with Crippen molar-refractivity contribution in [3.8, 4) is 5.75 Å². The topological polar surface area (TPSA) is 33.3 Å². The summed E-state index contributed by atoms with van der Waals surface area (Å²) in [4.78, 5) is 0. The Morgan fingerprint density at radius 2 is 1.67 bits per heavy atom. The number of hydrogen-bond donors (Lipinski definition) is 2. The van der Waals surface area contributed by atoms with Crippen molar-refractivity contribution in [1.29, 1.82) is 0 Å². The summed E-state index contributed by atoms with van der Waals surface area (Å²) in [7, 11) is 1.65. The first-order chi connectivity index (χ1) is 11.7. The molecule has 0 radical (unpaired) electrons. The van der Waals surface area contributed by atoms with Crippen LogP contribution in [0.15, 0.2) is 66.7 Å². The summed E-state index contributed by atoms with van der Waals surface area (Å²) in [5.41, 5.74) is 2.07. The second-order valence-electron chi connectivity index (χ2n) is 5.59. The molecule has 0 aromatic heterocycles. The molecule has 0 aliphatic heterocycles. The molecule has 0 fully saturated rings. The Morgan fingerprint density at radius 3 is 2.50 bits per heavy atom. The van der Waals surface area contributed by atoms with Gasteiger partial charge in [0.15, 0.2) is 5.11 Å². The van der Waals surface area contributed by atoms with Crippen LogP contribution in [0.4, 0.5) is 5.69 Å². The quantitative estimate of drug-likeness (QED) is 0.664. The van der Waals surface area contributed by atoms with Crippen LogP contribution in [-0.4, -0.2) is 12.2 Å². The van der Waals surface area contributed by atoms with Gasteiger partial charge in [0.2, 0.25) is 0 Å². The molecule has 3 rings (SSSR count). The molecule has 122 valence electrons. The van der Waals surface area contributed by atoms with Gasteiger partial charge in [0.25, 0.3) is 0 Å². The molecule has 0 saturated heterocycles. The molecule has 0 aliphatic carbocycles. The van der Waals surface area contributed by atoms with Gasteiger partial charge >= 0.3 is 0 Å². The molecule has 1 atom stereocenters. The van der Waals surface area contributed by atoms with E-state index in [1.807, 2.05) is 24.3 Å². The van der Waals surface area contributed by atoms with E-state index in [1.54, 1.807) is 7.11 Å². The third kappa shape index (κ3) is 3.49. The van der Waals surface area contributed by atoms with E-state index in [4.69, 9.17) is 17.0 Å². The average molecular weight is 336 g/mol. The fraction of sp³-hybridized carbons (Fsp3) is 0.150. The molecule has 4 heteroatoms. The highest BCUT2D eigenvalue weighted by molar-refractivity contribution is 7.80. The van der Waals surface area contributed by atoms with Crippen LogP contribution in [-0.2, 0) is 0 Å². The Bertz CT molecular complexity index is 858. The minimum Gasteiger partial charge on any atom is -0.495 e. The van der Waals surface area contributed by atoms with Crippen molar-refractivity contribution in [2.45, 2.75) is 13.0 Å². The number of para-hydroxylation sites is 2.